The summed E-state index contributed by atoms with van der Waals surface area (Å²) in [6, 6.07) is 8.51. The van der Waals surface area contributed by atoms with E-state index in [2.05, 4.69) is 60.7 Å². The lowest BCUT2D eigenvalue weighted by atomic mass is 10.1. The number of nitrogens with zero attached hydrogens (tertiary/aromatic N) is 1. The van der Waals surface area contributed by atoms with Crippen LogP contribution >= 0.6 is 22.6 Å². The molecule has 0 fully saturated rings. The molecule has 0 aliphatic rings. The van der Waals surface area contributed by atoms with Gasteiger partial charge < -0.3 is 9.59 Å². The van der Waals surface area contributed by atoms with Gasteiger partial charge in [-0.05, 0) is 42.5 Å². The second-order valence-electron chi connectivity index (χ2n) is 4.17. The fourth-order valence-corrected chi connectivity index (χ4v) is 2.60. The van der Waals surface area contributed by atoms with E-state index < -0.39 is 0 Å². The minimum Gasteiger partial charge on any atom is -0.391 e. The lowest BCUT2D eigenvalue weighted by Crippen LogP contribution is -2.48. The fraction of sp³-hybridized carbons (Fsp3) is 0.538. The molecule has 0 unspecified atom stereocenters. The number of aliphatic hydroxyl groups excluding tert-OH is 1. The summed E-state index contributed by atoms with van der Waals surface area (Å²) in [6.45, 7) is 8.68. The fourth-order valence-electron chi connectivity index (χ4n) is 2.04. The van der Waals surface area contributed by atoms with Crippen molar-refractivity contribution in [3.05, 3.63) is 33.4 Å². The third-order valence-corrected chi connectivity index (χ3v) is 4.43. The molecular weight excluding hydrogens is 313 g/mol. The van der Waals surface area contributed by atoms with Gasteiger partial charge in [0, 0.05) is 9.13 Å². The molecule has 0 saturated heterocycles. The highest BCUT2D eigenvalue weighted by Crippen LogP contribution is 2.18. The van der Waals surface area contributed by atoms with Gasteiger partial charge in [-0.3, -0.25) is 0 Å². The first-order valence-electron chi connectivity index (χ1n) is 5.87. The van der Waals surface area contributed by atoms with Crippen LogP contribution in [0.1, 0.15) is 19.4 Å². The van der Waals surface area contributed by atoms with Crippen LogP contribution in [-0.4, -0.2) is 35.8 Å². The van der Waals surface area contributed by atoms with E-state index in [1.807, 2.05) is 0 Å². The zero-order valence-electron chi connectivity index (χ0n) is 10.1. The zero-order valence-corrected chi connectivity index (χ0v) is 12.3. The lowest BCUT2D eigenvalue weighted by molar-refractivity contribution is -0.938. The molecular formula is C13H21INO+. The van der Waals surface area contributed by atoms with Crippen molar-refractivity contribution < 1.29 is 9.59 Å². The van der Waals surface area contributed by atoms with Crippen molar-refractivity contribution in [2.45, 2.75) is 20.4 Å². The summed E-state index contributed by atoms with van der Waals surface area (Å²) in [4.78, 5) is 0. The summed E-state index contributed by atoms with van der Waals surface area (Å²) in [5.41, 5.74) is 1.39. The number of aliphatic hydroxyl groups is 1. The second-order valence-corrected chi connectivity index (χ2v) is 5.33. The Labute approximate surface area is 112 Å². The molecule has 0 spiro atoms. The minimum absolute atomic E-state index is 0.269. The molecule has 3 heteroatoms. The molecule has 0 aliphatic heterocycles. The maximum absolute atomic E-state index is 9.19. The Hall–Kier alpha value is -0.130. The molecule has 0 saturated carbocycles. The van der Waals surface area contributed by atoms with Crippen LogP contribution < -0.4 is 0 Å². The molecule has 1 rings (SSSR count). The number of benzene rings is 1. The largest absolute Gasteiger partial charge is 0.391 e. The Bertz CT molecular complexity index is 323. The summed E-state index contributed by atoms with van der Waals surface area (Å²) < 4.78 is 2.29. The number of hydrogen-bond donors (Lipinski definition) is 1. The van der Waals surface area contributed by atoms with Gasteiger partial charge in [-0.15, -0.1) is 0 Å². The molecule has 0 radical (unpaired) electrons. The van der Waals surface area contributed by atoms with E-state index in [0.717, 1.165) is 30.7 Å². The highest BCUT2D eigenvalue weighted by atomic mass is 127. The average molecular weight is 334 g/mol. The SMILES string of the molecule is CC[N+](CC)(CCO)Cc1ccccc1I. The topological polar surface area (TPSA) is 20.2 Å². The number of hydrogen-bond acceptors (Lipinski definition) is 1. The molecule has 0 amide bonds. The van der Waals surface area contributed by atoms with E-state index in [4.69, 9.17) is 0 Å². The van der Waals surface area contributed by atoms with Crippen molar-refractivity contribution >= 4 is 22.6 Å². The van der Waals surface area contributed by atoms with Crippen LogP contribution in [0.15, 0.2) is 24.3 Å². The Kier molecular flexibility index (Phi) is 5.72. The van der Waals surface area contributed by atoms with E-state index >= 15 is 0 Å². The Morgan fingerprint density at radius 3 is 2.31 bits per heavy atom. The predicted octanol–water partition coefficient (Wildman–Crippen LogP) is 2.64. The molecule has 1 aromatic carbocycles. The van der Waals surface area contributed by atoms with Gasteiger partial charge in [0.1, 0.15) is 13.1 Å². The van der Waals surface area contributed by atoms with Crippen molar-refractivity contribution in [1.82, 2.24) is 0 Å². The smallest absolute Gasteiger partial charge is 0.105 e. The summed E-state index contributed by atoms with van der Waals surface area (Å²) in [7, 11) is 0. The van der Waals surface area contributed by atoms with Gasteiger partial charge in [-0.1, -0.05) is 18.2 Å². The molecule has 0 heterocycles. The summed E-state index contributed by atoms with van der Waals surface area (Å²) >= 11 is 2.39. The van der Waals surface area contributed by atoms with E-state index in [0.29, 0.717) is 0 Å². The minimum atomic E-state index is 0.269. The molecule has 0 bridgehead atoms. The van der Waals surface area contributed by atoms with E-state index in [1.54, 1.807) is 0 Å². The number of halogens is 1. The third kappa shape index (κ3) is 3.43. The molecule has 2 nitrogen and oxygen atoms in total. The highest BCUT2D eigenvalue weighted by molar-refractivity contribution is 14.1. The summed E-state index contributed by atoms with van der Waals surface area (Å²) in [5.74, 6) is 0. The zero-order chi connectivity index (χ0) is 12.0. The Balaban J connectivity index is 2.87. The maximum Gasteiger partial charge on any atom is 0.105 e. The van der Waals surface area contributed by atoms with Crippen molar-refractivity contribution in [3.63, 3.8) is 0 Å². The van der Waals surface area contributed by atoms with Crippen LogP contribution in [0.2, 0.25) is 0 Å². The standard InChI is InChI=1S/C13H21INO/c1-3-15(4-2,9-10-16)11-12-7-5-6-8-13(12)14/h5-8,16H,3-4,9-11H2,1-2H3/q+1. The van der Waals surface area contributed by atoms with Gasteiger partial charge in [0.15, 0.2) is 0 Å². The monoisotopic (exact) mass is 334 g/mol. The first-order valence-corrected chi connectivity index (χ1v) is 6.94. The van der Waals surface area contributed by atoms with Crippen LogP contribution in [0, 0.1) is 3.57 Å². The number of quaternary nitrogens is 1. The van der Waals surface area contributed by atoms with Gasteiger partial charge >= 0.3 is 0 Å². The molecule has 1 N–H and O–H groups in total. The molecule has 0 aliphatic carbocycles. The second kappa shape index (κ2) is 6.57. The van der Waals surface area contributed by atoms with Crippen LogP contribution in [0.3, 0.4) is 0 Å². The van der Waals surface area contributed by atoms with Crippen molar-refractivity contribution in [1.29, 1.82) is 0 Å². The van der Waals surface area contributed by atoms with E-state index in [-0.39, 0.29) is 6.61 Å². The van der Waals surface area contributed by atoms with Crippen LogP contribution in [-0.2, 0) is 6.54 Å². The van der Waals surface area contributed by atoms with Crippen LogP contribution in [0.5, 0.6) is 0 Å². The van der Waals surface area contributed by atoms with Gasteiger partial charge in [0.05, 0.1) is 19.7 Å². The molecule has 16 heavy (non-hydrogen) atoms. The normalized spacial score (nSPS) is 11.8. The van der Waals surface area contributed by atoms with Crippen molar-refractivity contribution in [2.75, 3.05) is 26.2 Å². The van der Waals surface area contributed by atoms with Crippen molar-refractivity contribution in [3.8, 4) is 0 Å². The predicted molar refractivity (Wildman–Crippen MR) is 76.2 cm³/mol. The highest BCUT2D eigenvalue weighted by Gasteiger charge is 2.23. The maximum atomic E-state index is 9.19. The van der Waals surface area contributed by atoms with Gasteiger partial charge in [-0.25, -0.2) is 0 Å². The molecule has 0 atom stereocenters. The molecule has 0 aromatic heterocycles. The first kappa shape index (κ1) is 13.9. The van der Waals surface area contributed by atoms with Crippen LogP contribution in [0.4, 0.5) is 0 Å². The third-order valence-electron chi connectivity index (χ3n) is 3.38. The first-order chi connectivity index (χ1) is 7.67. The molecule has 90 valence electrons. The molecule has 1 aromatic rings. The van der Waals surface area contributed by atoms with E-state index in [9.17, 15) is 5.11 Å². The quantitative estimate of drug-likeness (QED) is 0.626. The van der Waals surface area contributed by atoms with Gasteiger partial charge in [-0.2, -0.15) is 0 Å². The summed E-state index contributed by atoms with van der Waals surface area (Å²) in [6.07, 6.45) is 0. The average Bonchev–Trinajstić information content (AvgIpc) is 2.31. The Morgan fingerprint density at radius 2 is 1.81 bits per heavy atom. The Morgan fingerprint density at radius 1 is 1.19 bits per heavy atom. The number of likely N-dealkylation sites (N-methyl/N-ethyl adjacent to an activating group) is 1. The summed E-state index contributed by atoms with van der Waals surface area (Å²) in [5, 5.41) is 9.19. The van der Waals surface area contributed by atoms with Crippen LogP contribution in [0.25, 0.3) is 0 Å². The lowest BCUT2D eigenvalue weighted by Gasteiger charge is -2.36. The van der Waals surface area contributed by atoms with Gasteiger partial charge in [0.2, 0.25) is 0 Å². The van der Waals surface area contributed by atoms with Crippen molar-refractivity contribution in [2.24, 2.45) is 0 Å². The van der Waals surface area contributed by atoms with E-state index in [1.165, 1.54) is 9.13 Å². The van der Waals surface area contributed by atoms with Gasteiger partial charge in [0.25, 0.3) is 0 Å². The number of rotatable bonds is 6.